The summed E-state index contributed by atoms with van der Waals surface area (Å²) in [4.78, 5) is 0. The van der Waals surface area contributed by atoms with Gasteiger partial charge in [-0.2, -0.15) is 0 Å². The third-order valence-corrected chi connectivity index (χ3v) is 12.4. The number of fused-ring (bicyclic) bond motifs is 4. The highest BCUT2D eigenvalue weighted by Gasteiger charge is 2.40. The van der Waals surface area contributed by atoms with Crippen molar-refractivity contribution < 1.29 is 26.6 Å². The van der Waals surface area contributed by atoms with E-state index >= 15 is 0 Å². The molecule has 8 heteroatoms. The normalized spacial score (nSPS) is 12.0. The maximum absolute atomic E-state index is 6.13. The minimum absolute atomic E-state index is 0.442. The maximum atomic E-state index is 6.13. The Morgan fingerprint density at radius 3 is 0.870 bits per heavy atom. The monoisotopic (exact) mass is 650 g/mol. The van der Waals surface area contributed by atoms with Gasteiger partial charge >= 0.3 is 17.6 Å². The van der Waals surface area contributed by atoms with E-state index in [2.05, 4.69) is 95.7 Å². The van der Waals surface area contributed by atoms with Gasteiger partial charge in [-0.25, -0.2) is 0 Å². The molecule has 0 saturated carbocycles. The molecular weight excluding hydrogens is 609 g/mol. The van der Waals surface area contributed by atoms with E-state index in [1.165, 1.54) is 0 Å². The van der Waals surface area contributed by atoms with Crippen molar-refractivity contribution in [2.45, 2.75) is 41.5 Å². The molecule has 0 aromatic heterocycles. The summed E-state index contributed by atoms with van der Waals surface area (Å²) in [5.41, 5.74) is 8.54. The molecule has 5 rings (SSSR count). The summed E-state index contributed by atoms with van der Waals surface area (Å²) in [5.74, 6) is 7.08. The molecule has 0 fully saturated rings. The first kappa shape index (κ1) is 33.8. The zero-order valence-corrected chi connectivity index (χ0v) is 29.6. The van der Waals surface area contributed by atoms with Crippen LogP contribution in [0.5, 0.6) is 0 Å². The minimum atomic E-state index is -3.27. The third-order valence-electron chi connectivity index (χ3n) is 7.54. The zero-order chi connectivity index (χ0) is 32.6. The highest BCUT2D eigenvalue weighted by atomic mass is 28.4. The predicted molar refractivity (Wildman–Crippen MR) is 191 cm³/mol. The van der Waals surface area contributed by atoms with Gasteiger partial charge in [0.15, 0.2) is 0 Å². The standard InChI is InChI=1S/C38H42O6Si2/c1-7-39-45(40-8-2,41-9-3)23-21-33-35-25-29-17-13-15-19-31(29)27-37(35)34(22-24-46(42-10-4,43-11-5)44-12-6)38-28-32-20-16-14-18-30(32)26-36(33)38/h13-20,25-28H,7-12H2,1-6H3. The SMILES string of the molecule is CCO[Si](C#Cc1c2cc3ccccc3cc2c(C#C[Si](OCC)(OCC)OCC)c2cc3ccccc3cc12)(OCC)OCC. The maximum Gasteiger partial charge on any atom is 0.591 e. The molecule has 46 heavy (non-hydrogen) atoms. The van der Waals surface area contributed by atoms with Crippen LogP contribution in [0.3, 0.4) is 0 Å². The Kier molecular flexibility index (Phi) is 11.3. The molecule has 5 aromatic rings. The van der Waals surface area contributed by atoms with Crippen LogP contribution in [0.25, 0.3) is 43.1 Å². The largest absolute Gasteiger partial charge is 0.591 e. The number of benzene rings is 5. The Hall–Kier alpha value is -3.55. The van der Waals surface area contributed by atoms with Gasteiger partial charge in [0.05, 0.1) is 0 Å². The second-order valence-electron chi connectivity index (χ2n) is 10.5. The van der Waals surface area contributed by atoms with E-state index in [1.807, 2.05) is 41.5 Å². The molecule has 238 valence electrons. The zero-order valence-electron chi connectivity index (χ0n) is 27.6. The van der Waals surface area contributed by atoms with Crippen LogP contribution in [0.1, 0.15) is 52.7 Å². The number of rotatable bonds is 12. The Bertz CT molecular complexity index is 1700. The van der Waals surface area contributed by atoms with Crippen LogP contribution in [0.4, 0.5) is 0 Å². The number of hydrogen-bond acceptors (Lipinski definition) is 6. The van der Waals surface area contributed by atoms with Crippen LogP contribution in [0, 0.1) is 22.9 Å². The summed E-state index contributed by atoms with van der Waals surface area (Å²) >= 11 is 0. The van der Waals surface area contributed by atoms with Crippen molar-refractivity contribution in [3.05, 3.63) is 83.9 Å². The molecule has 0 radical (unpaired) electrons. The number of hydrogen-bond donors (Lipinski definition) is 0. The van der Waals surface area contributed by atoms with E-state index in [9.17, 15) is 0 Å². The van der Waals surface area contributed by atoms with Crippen molar-refractivity contribution in [2.75, 3.05) is 39.6 Å². The highest BCUT2D eigenvalue weighted by molar-refractivity contribution is 6.70. The van der Waals surface area contributed by atoms with E-state index < -0.39 is 17.6 Å². The summed E-state index contributed by atoms with van der Waals surface area (Å²) in [6.45, 7) is 14.3. The molecule has 0 spiro atoms. The first-order valence-electron chi connectivity index (χ1n) is 16.2. The molecular formula is C38H42O6Si2. The van der Waals surface area contributed by atoms with Crippen molar-refractivity contribution in [1.82, 2.24) is 0 Å². The molecule has 0 unspecified atom stereocenters. The van der Waals surface area contributed by atoms with Crippen LogP contribution >= 0.6 is 0 Å². The first-order valence-corrected chi connectivity index (χ1v) is 19.6. The van der Waals surface area contributed by atoms with Gasteiger partial charge in [-0.1, -0.05) is 60.4 Å². The van der Waals surface area contributed by atoms with Crippen molar-refractivity contribution in [3.63, 3.8) is 0 Å². The van der Waals surface area contributed by atoms with Gasteiger partial charge in [0.2, 0.25) is 0 Å². The lowest BCUT2D eigenvalue weighted by Gasteiger charge is -2.23. The molecule has 6 nitrogen and oxygen atoms in total. The van der Waals surface area contributed by atoms with Crippen LogP contribution in [-0.2, 0) is 26.6 Å². The van der Waals surface area contributed by atoms with E-state index in [-0.39, 0.29) is 0 Å². The van der Waals surface area contributed by atoms with Gasteiger partial charge in [-0.3, -0.25) is 0 Å². The van der Waals surface area contributed by atoms with Gasteiger partial charge in [-0.15, -0.1) is 0 Å². The second kappa shape index (κ2) is 15.4. The Labute approximate surface area is 274 Å². The lowest BCUT2D eigenvalue weighted by Crippen LogP contribution is -2.45. The molecule has 0 heterocycles. The minimum Gasteiger partial charge on any atom is -0.364 e. The smallest absolute Gasteiger partial charge is 0.364 e. The average molecular weight is 651 g/mol. The molecule has 0 aliphatic rings. The Morgan fingerprint density at radius 1 is 0.413 bits per heavy atom. The Morgan fingerprint density at radius 2 is 0.652 bits per heavy atom. The fourth-order valence-corrected chi connectivity index (χ4v) is 9.52. The molecule has 0 N–H and O–H groups in total. The van der Waals surface area contributed by atoms with Crippen LogP contribution < -0.4 is 0 Å². The topological polar surface area (TPSA) is 55.4 Å². The summed E-state index contributed by atoms with van der Waals surface area (Å²) in [5, 5.41) is 8.40. The van der Waals surface area contributed by atoms with Gasteiger partial charge in [0.1, 0.15) is 0 Å². The quantitative estimate of drug-likeness (QED) is 0.0772. The molecule has 5 aromatic carbocycles. The van der Waals surface area contributed by atoms with Gasteiger partial charge in [0.25, 0.3) is 0 Å². The first-order chi connectivity index (χ1) is 22.5. The van der Waals surface area contributed by atoms with E-state index in [0.29, 0.717) is 39.6 Å². The lowest BCUT2D eigenvalue weighted by molar-refractivity contribution is 0.0862. The fraction of sp³-hybridized carbons (Fsp3) is 0.316. The summed E-state index contributed by atoms with van der Waals surface area (Å²) < 4.78 is 36.8. The van der Waals surface area contributed by atoms with Gasteiger partial charge in [-0.05, 0) is 120 Å². The average Bonchev–Trinajstić information content (AvgIpc) is 3.05. The summed E-state index contributed by atoms with van der Waals surface area (Å²) in [6.07, 6.45) is 0. The molecule has 0 aliphatic heterocycles. The molecule has 0 atom stereocenters. The summed E-state index contributed by atoms with van der Waals surface area (Å²) in [7, 11) is -6.55. The van der Waals surface area contributed by atoms with E-state index in [1.54, 1.807) is 0 Å². The Balaban J connectivity index is 1.94. The van der Waals surface area contributed by atoms with Crippen molar-refractivity contribution in [1.29, 1.82) is 0 Å². The van der Waals surface area contributed by atoms with Crippen LogP contribution in [0.2, 0.25) is 0 Å². The van der Waals surface area contributed by atoms with Crippen LogP contribution in [0.15, 0.2) is 72.8 Å². The highest BCUT2D eigenvalue weighted by Crippen LogP contribution is 2.37. The van der Waals surface area contributed by atoms with Crippen molar-refractivity contribution in [2.24, 2.45) is 0 Å². The molecule has 0 saturated heterocycles. The summed E-state index contributed by atoms with van der Waals surface area (Å²) in [6, 6.07) is 25.5. The molecule has 0 amide bonds. The van der Waals surface area contributed by atoms with Gasteiger partial charge < -0.3 is 26.6 Å². The second-order valence-corrected chi connectivity index (χ2v) is 14.9. The predicted octanol–water partition coefficient (Wildman–Crippen LogP) is 8.18. The van der Waals surface area contributed by atoms with Crippen molar-refractivity contribution in [3.8, 4) is 22.9 Å². The van der Waals surface area contributed by atoms with Crippen LogP contribution in [-0.4, -0.2) is 57.3 Å². The third kappa shape index (κ3) is 7.06. The van der Waals surface area contributed by atoms with E-state index in [0.717, 1.165) is 54.2 Å². The molecule has 0 bridgehead atoms. The van der Waals surface area contributed by atoms with E-state index in [4.69, 9.17) is 26.6 Å². The molecule has 0 aliphatic carbocycles. The van der Waals surface area contributed by atoms with Crippen molar-refractivity contribution >= 4 is 60.7 Å². The fourth-order valence-electron chi connectivity index (χ4n) is 5.75. The lowest BCUT2D eigenvalue weighted by atomic mass is 9.89. The van der Waals surface area contributed by atoms with Gasteiger partial charge in [0, 0.05) is 50.8 Å².